The van der Waals surface area contributed by atoms with Gasteiger partial charge in [-0.1, -0.05) is 0 Å². The molecule has 0 saturated carbocycles. The minimum absolute atomic E-state index is 0.0432. The van der Waals surface area contributed by atoms with Crippen LogP contribution in [-0.4, -0.2) is 53.0 Å². The van der Waals surface area contributed by atoms with Crippen molar-refractivity contribution >= 4 is 56.3 Å². The molecule has 10 nitrogen and oxygen atoms in total. The third-order valence-corrected chi connectivity index (χ3v) is 5.59. The number of halogens is 1. The summed E-state index contributed by atoms with van der Waals surface area (Å²) in [7, 11) is 0. The van der Waals surface area contributed by atoms with Crippen molar-refractivity contribution < 1.29 is 28.7 Å². The van der Waals surface area contributed by atoms with Crippen molar-refractivity contribution in [2.45, 2.75) is 32.7 Å². The van der Waals surface area contributed by atoms with Crippen LogP contribution >= 0.6 is 15.9 Å². The lowest BCUT2D eigenvalue weighted by Gasteiger charge is -2.17. The summed E-state index contributed by atoms with van der Waals surface area (Å²) in [6.45, 7) is 3.70. The van der Waals surface area contributed by atoms with Crippen LogP contribution in [0.2, 0.25) is 0 Å². The molecule has 1 atom stereocenters. The lowest BCUT2D eigenvalue weighted by Crippen LogP contribution is -2.42. The van der Waals surface area contributed by atoms with Gasteiger partial charge in [0.1, 0.15) is 11.7 Å². The van der Waals surface area contributed by atoms with E-state index < -0.39 is 29.8 Å². The summed E-state index contributed by atoms with van der Waals surface area (Å²) in [5.74, 6) is -2.04. The molecule has 1 unspecified atom stereocenters. The second kappa shape index (κ2) is 12.7. The number of carbonyl (C=O) groups excluding carboxylic acids is 4. The number of aromatic nitrogens is 2. The first-order chi connectivity index (χ1) is 17.3. The third-order valence-electron chi connectivity index (χ3n) is 5.01. The van der Waals surface area contributed by atoms with Crippen molar-refractivity contribution in [3.63, 3.8) is 0 Å². The average molecular weight is 557 g/mol. The second-order valence-electron chi connectivity index (χ2n) is 7.54. The molecule has 1 aromatic carbocycles. The van der Waals surface area contributed by atoms with Crippen molar-refractivity contribution in [2.24, 2.45) is 0 Å². The number of nitrogens with one attached hydrogen (secondary N) is 2. The van der Waals surface area contributed by atoms with Crippen LogP contribution in [0.3, 0.4) is 0 Å². The minimum Gasteiger partial charge on any atom is -0.466 e. The van der Waals surface area contributed by atoms with E-state index in [2.05, 4.69) is 36.5 Å². The Morgan fingerprint density at radius 2 is 1.67 bits per heavy atom. The van der Waals surface area contributed by atoms with Gasteiger partial charge in [-0.2, -0.15) is 0 Å². The van der Waals surface area contributed by atoms with Crippen LogP contribution in [0.1, 0.15) is 47.5 Å². The number of ether oxygens (including phenoxy) is 2. The normalized spacial score (nSPS) is 11.4. The lowest BCUT2D eigenvalue weighted by molar-refractivity contribution is -0.146. The largest absolute Gasteiger partial charge is 0.466 e. The molecule has 0 saturated heterocycles. The van der Waals surface area contributed by atoms with E-state index in [1.165, 1.54) is 12.1 Å². The van der Waals surface area contributed by atoms with Gasteiger partial charge in [-0.15, -0.1) is 0 Å². The van der Waals surface area contributed by atoms with Crippen molar-refractivity contribution in [3.05, 3.63) is 64.5 Å². The van der Waals surface area contributed by atoms with E-state index in [0.717, 1.165) is 5.39 Å². The number of nitrogens with zero attached hydrogens (tertiary/aromatic N) is 2. The SMILES string of the molecule is CCOC(=O)CCC(NC(=O)c1ccc(NC(=O)c2ccc3cncc(Br)c3n2)cc1)C(=O)OCC. The van der Waals surface area contributed by atoms with Crippen molar-refractivity contribution in [2.75, 3.05) is 18.5 Å². The van der Waals surface area contributed by atoms with E-state index in [-0.39, 0.29) is 37.3 Å². The predicted molar refractivity (Wildman–Crippen MR) is 135 cm³/mol. The average Bonchev–Trinajstić information content (AvgIpc) is 2.87. The monoisotopic (exact) mass is 556 g/mol. The van der Waals surface area contributed by atoms with E-state index in [1.807, 2.05) is 0 Å². The molecule has 2 N–H and O–H groups in total. The van der Waals surface area contributed by atoms with Gasteiger partial charge in [0.25, 0.3) is 11.8 Å². The molecule has 36 heavy (non-hydrogen) atoms. The zero-order chi connectivity index (χ0) is 26.1. The summed E-state index contributed by atoms with van der Waals surface area (Å²) < 4.78 is 10.6. The van der Waals surface area contributed by atoms with Crippen molar-refractivity contribution in [1.82, 2.24) is 15.3 Å². The van der Waals surface area contributed by atoms with Crippen LogP contribution < -0.4 is 10.6 Å². The van der Waals surface area contributed by atoms with Gasteiger partial charge in [-0.25, -0.2) is 9.78 Å². The number of pyridine rings is 2. The molecule has 188 valence electrons. The minimum atomic E-state index is -1.00. The third kappa shape index (κ3) is 7.08. The van der Waals surface area contributed by atoms with Crippen LogP contribution in [0.25, 0.3) is 10.9 Å². The Kier molecular flexibility index (Phi) is 9.46. The summed E-state index contributed by atoms with van der Waals surface area (Å²) in [6, 6.07) is 8.49. The molecule has 2 amide bonds. The molecule has 0 aliphatic rings. The van der Waals surface area contributed by atoms with Gasteiger partial charge in [0.05, 0.1) is 23.2 Å². The molecular formula is C25H25BrN4O6. The molecule has 0 bridgehead atoms. The molecule has 3 aromatic rings. The Bertz CT molecular complexity index is 1270. The van der Waals surface area contributed by atoms with Crippen LogP contribution in [0.5, 0.6) is 0 Å². The van der Waals surface area contributed by atoms with E-state index >= 15 is 0 Å². The fourth-order valence-electron chi connectivity index (χ4n) is 3.26. The summed E-state index contributed by atoms with van der Waals surface area (Å²) in [6.07, 6.45) is 3.26. The van der Waals surface area contributed by atoms with Gasteiger partial charge in [0, 0.05) is 35.5 Å². The zero-order valence-corrected chi connectivity index (χ0v) is 21.3. The molecule has 2 heterocycles. The summed E-state index contributed by atoms with van der Waals surface area (Å²) in [5.41, 5.74) is 1.55. The van der Waals surface area contributed by atoms with Crippen LogP contribution in [-0.2, 0) is 19.1 Å². The number of hydrogen-bond donors (Lipinski definition) is 2. The Hall–Kier alpha value is -3.86. The molecule has 3 rings (SSSR count). The zero-order valence-electron chi connectivity index (χ0n) is 19.7. The molecular weight excluding hydrogens is 532 g/mol. The maximum absolute atomic E-state index is 12.7. The smallest absolute Gasteiger partial charge is 0.328 e. The van der Waals surface area contributed by atoms with Crippen molar-refractivity contribution in [3.8, 4) is 0 Å². The molecule has 0 radical (unpaired) electrons. The van der Waals surface area contributed by atoms with E-state index in [9.17, 15) is 19.2 Å². The molecule has 0 aliphatic heterocycles. The number of rotatable bonds is 10. The van der Waals surface area contributed by atoms with Crippen LogP contribution in [0.15, 0.2) is 53.3 Å². The standard InChI is InChI=1S/C25H25BrN4O6/c1-3-35-21(31)12-11-20(25(34)36-4-2)30-23(32)15-5-8-17(9-6-15)28-24(33)19-10-7-16-13-27-14-18(26)22(16)29-19/h5-10,13-14,20H,3-4,11-12H2,1-2H3,(H,28,33)(H,30,32). The molecule has 0 fully saturated rings. The maximum Gasteiger partial charge on any atom is 0.328 e. The first kappa shape index (κ1) is 26.7. The first-order valence-corrected chi connectivity index (χ1v) is 12.1. The van der Waals surface area contributed by atoms with Gasteiger partial charge in [0.2, 0.25) is 0 Å². The number of carbonyl (C=O) groups is 4. The molecule has 0 aliphatic carbocycles. The highest BCUT2D eigenvalue weighted by molar-refractivity contribution is 9.10. The maximum atomic E-state index is 12.7. The Morgan fingerprint density at radius 1 is 0.944 bits per heavy atom. The lowest BCUT2D eigenvalue weighted by atomic mass is 10.1. The molecule has 0 spiro atoms. The number of fused-ring (bicyclic) bond motifs is 1. The Morgan fingerprint density at radius 3 is 2.36 bits per heavy atom. The highest BCUT2D eigenvalue weighted by Crippen LogP contribution is 2.21. The van der Waals surface area contributed by atoms with Gasteiger partial charge in [0.15, 0.2) is 0 Å². The fourth-order valence-corrected chi connectivity index (χ4v) is 3.70. The van der Waals surface area contributed by atoms with E-state index in [1.54, 1.807) is 50.5 Å². The summed E-state index contributed by atoms with van der Waals surface area (Å²) >= 11 is 3.38. The highest BCUT2D eigenvalue weighted by Gasteiger charge is 2.24. The van der Waals surface area contributed by atoms with Crippen LogP contribution in [0, 0.1) is 0 Å². The number of esters is 2. The highest BCUT2D eigenvalue weighted by atomic mass is 79.9. The molecule has 2 aromatic heterocycles. The van der Waals surface area contributed by atoms with E-state index in [0.29, 0.717) is 15.7 Å². The summed E-state index contributed by atoms with van der Waals surface area (Å²) in [4.78, 5) is 57.7. The summed E-state index contributed by atoms with van der Waals surface area (Å²) in [5, 5.41) is 6.13. The number of anilines is 1. The van der Waals surface area contributed by atoms with Crippen LogP contribution in [0.4, 0.5) is 5.69 Å². The Balaban J connectivity index is 1.65. The van der Waals surface area contributed by atoms with Crippen molar-refractivity contribution in [1.29, 1.82) is 0 Å². The van der Waals surface area contributed by atoms with Gasteiger partial charge in [-0.05, 0) is 72.6 Å². The predicted octanol–water partition coefficient (Wildman–Crippen LogP) is 3.65. The quantitative estimate of drug-likeness (QED) is 0.361. The number of amides is 2. The first-order valence-electron chi connectivity index (χ1n) is 11.3. The van der Waals surface area contributed by atoms with Gasteiger partial charge < -0.3 is 20.1 Å². The molecule has 11 heteroatoms. The topological polar surface area (TPSA) is 137 Å². The van der Waals surface area contributed by atoms with E-state index in [4.69, 9.17) is 9.47 Å². The second-order valence-corrected chi connectivity index (χ2v) is 8.40. The van der Waals surface area contributed by atoms with Gasteiger partial charge >= 0.3 is 11.9 Å². The Labute approximate surface area is 215 Å². The number of hydrogen-bond acceptors (Lipinski definition) is 8. The van der Waals surface area contributed by atoms with Gasteiger partial charge in [-0.3, -0.25) is 19.4 Å². The fraction of sp³-hybridized carbons (Fsp3) is 0.280. The number of benzene rings is 1.